The highest BCUT2D eigenvalue weighted by Gasteiger charge is 2.45. The lowest BCUT2D eigenvalue weighted by Crippen LogP contribution is -2.20. The van der Waals surface area contributed by atoms with Gasteiger partial charge in [-0.3, -0.25) is 0 Å². The van der Waals surface area contributed by atoms with E-state index in [1.807, 2.05) is 6.92 Å². The molecule has 0 amide bonds. The lowest BCUT2D eigenvalue weighted by atomic mass is 10.2. The molecule has 0 aromatic rings. The molecule has 0 saturated carbocycles. The molecule has 0 aromatic heterocycles. The fraction of sp³-hybridized carbons (Fsp3) is 1.00. The Bertz CT molecular complexity index is 118. The standard InChI is InChI=1S/C6H10Cl2O2/c1-3(7)5(8)6-4(2-9)10-6/h3-6,9H,2H2,1H3/t3?,4-,5?,6+/m1/s1. The zero-order valence-corrected chi connectivity index (χ0v) is 7.14. The van der Waals surface area contributed by atoms with Crippen LogP contribution in [-0.2, 0) is 4.74 Å². The van der Waals surface area contributed by atoms with Gasteiger partial charge in [0.1, 0.15) is 12.2 Å². The van der Waals surface area contributed by atoms with Crippen LogP contribution in [0.5, 0.6) is 0 Å². The largest absolute Gasteiger partial charge is 0.394 e. The van der Waals surface area contributed by atoms with E-state index in [4.69, 9.17) is 33.0 Å². The summed E-state index contributed by atoms with van der Waals surface area (Å²) in [5, 5.41) is 8.29. The third-order valence-electron chi connectivity index (χ3n) is 1.55. The van der Waals surface area contributed by atoms with Crippen LogP contribution in [-0.4, -0.2) is 34.7 Å². The van der Waals surface area contributed by atoms with Gasteiger partial charge >= 0.3 is 0 Å². The zero-order chi connectivity index (χ0) is 7.72. The summed E-state index contributed by atoms with van der Waals surface area (Å²) in [4.78, 5) is 0. The molecule has 1 N–H and O–H groups in total. The van der Waals surface area contributed by atoms with Gasteiger partial charge in [-0.2, -0.15) is 0 Å². The molecule has 2 nitrogen and oxygen atoms in total. The van der Waals surface area contributed by atoms with Gasteiger partial charge in [-0.25, -0.2) is 0 Å². The topological polar surface area (TPSA) is 32.8 Å². The fourth-order valence-electron chi connectivity index (χ4n) is 0.845. The Morgan fingerprint density at radius 1 is 1.60 bits per heavy atom. The Labute approximate surface area is 70.1 Å². The van der Waals surface area contributed by atoms with Gasteiger partial charge in [0.2, 0.25) is 0 Å². The Kier molecular flexibility index (Phi) is 2.81. The number of aliphatic hydroxyl groups excluding tert-OH is 1. The molecule has 4 heteroatoms. The summed E-state index contributed by atoms with van der Waals surface area (Å²) in [6.07, 6.45) is -0.122. The third kappa shape index (κ3) is 1.76. The molecule has 1 aliphatic heterocycles. The second-order valence-corrected chi connectivity index (χ2v) is 3.64. The van der Waals surface area contributed by atoms with Gasteiger partial charge in [0.15, 0.2) is 0 Å². The molecule has 2 unspecified atom stereocenters. The van der Waals surface area contributed by atoms with Gasteiger partial charge in [-0.1, -0.05) is 0 Å². The molecule has 1 heterocycles. The predicted octanol–water partition coefficient (Wildman–Crippen LogP) is 0.981. The van der Waals surface area contributed by atoms with Crippen molar-refractivity contribution in [3.63, 3.8) is 0 Å². The number of alkyl halides is 2. The van der Waals surface area contributed by atoms with Crippen LogP contribution < -0.4 is 0 Å². The molecule has 1 saturated heterocycles. The number of hydrogen-bond acceptors (Lipinski definition) is 2. The zero-order valence-electron chi connectivity index (χ0n) is 5.63. The maximum absolute atomic E-state index is 8.58. The number of rotatable bonds is 3. The van der Waals surface area contributed by atoms with Crippen molar-refractivity contribution < 1.29 is 9.84 Å². The van der Waals surface area contributed by atoms with Crippen molar-refractivity contribution in [1.29, 1.82) is 0 Å². The smallest absolute Gasteiger partial charge is 0.109 e. The molecule has 0 spiro atoms. The molecular formula is C6H10Cl2O2. The molecule has 4 atom stereocenters. The van der Waals surface area contributed by atoms with Crippen LogP contribution in [0.1, 0.15) is 6.92 Å². The van der Waals surface area contributed by atoms with Gasteiger partial charge in [0, 0.05) is 5.38 Å². The summed E-state index contributed by atoms with van der Waals surface area (Å²) in [7, 11) is 0. The average molecular weight is 185 g/mol. The molecule has 60 valence electrons. The maximum atomic E-state index is 8.58. The van der Waals surface area contributed by atoms with Crippen molar-refractivity contribution in [2.75, 3.05) is 6.61 Å². The molecule has 1 rings (SSSR count). The van der Waals surface area contributed by atoms with Crippen molar-refractivity contribution in [2.24, 2.45) is 0 Å². The normalized spacial score (nSPS) is 37.2. The molecule has 1 aliphatic rings. The van der Waals surface area contributed by atoms with E-state index in [9.17, 15) is 0 Å². The van der Waals surface area contributed by atoms with Crippen LogP contribution in [0.4, 0.5) is 0 Å². The van der Waals surface area contributed by atoms with Crippen molar-refractivity contribution >= 4 is 23.2 Å². The Morgan fingerprint density at radius 3 is 2.50 bits per heavy atom. The molecule has 1 fully saturated rings. The molecule has 0 radical (unpaired) electrons. The van der Waals surface area contributed by atoms with Crippen molar-refractivity contribution in [2.45, 2.75) is 29.9 Å². The van der Waals surface area contributed by atoms with Gasteiger partial charge in [0.25, 0.3) is 0 Å². The van der Waals surface area contributed by atoms with E-state index in [0.29, 0.717) is 0 Å². The molecular weight excluding hydrogens is 175 g/mol. The van der Waals surface area contributed by atoms with Crippen molar-refractivity contribution in [3.8, 4) is 0 Å². The highest BCUT2D eigenvalue weighted by molar-refractivity contribution is 6.30. The Balaban J connectivity index is 2.25. The van der Waals surface area contributed by atoms with E-state index in [-0.39, 0.29) is 29.6 Å². The Morgan fingerprint density at radius 2 is 2.20 bits per heavy atom. The summed E-state index contributed by atoms with van der Waals surface area (Å²) < 4.78 is 5.02. The van der Waals surface area contributed by atoms with Crippen molar-refractivity contribution in [1.82, 2.24) is 0 Å². The number of hydrogen-bond donors (Lipinski definition) is 1. The quantitative estimate of drug-likeness (QED) is 0.525. The lowest BCUT2D eigenvalue weighted by molar-refractivity contribution is 0.242. The minimum atomic E-state index is -0.182. The first-order valence-corrected chi connectivity index (χ1v) is 4.08. The summed E-state index contributed by atoms with van der Waals surface area (Å²) in [5.74, 6) is 0. The van der Waals surface area contributed by atoms with E-state index in [1.165, 1.54) is 0 Å². The maximum Gasteiger partial charge on any atom is 0.109 e. The second-order valence-electron chi connectivity index (χ2n) is 2.44. The van der Waals surface area contributed by atoms with Gasteiger partial charge < -0.3 is 9.84 Å². The third-order valence-corrected chi connectivity index (χ3v) is 2.58. The molecule has 10 heavy (non-hydrogen) atoms. The van der Waals surface area contributed by atoms with E-state index in [1.54, 1.807) is 0 Å². The summed E-state index contributed by atoms with van der Waals surface area (Å²) >= 11 is 11.5. The lowest BCUT2D eigenvalue weighted by Gasteiger charge is -2.06. The van der Waals surface area contributed by atoms with Gasteiger partial charge in [0.05, 0.1) is 12.0 Å². The van der Waals surface area contributed by atoms with Crippen LogP contribution in [0.2, 0.25) is 0 Å². The summed E-state index contributed by atoms with van der Waals surface area (Å²) in [6, 6.07) is 0. The molecule has 0 aliphatic carbocycles. The number of epoxide rings is 1. The predicted molar refractivity (Wildman–Crippen MR) is 40.7 cm³/mol. The number of halogens is 2. The van der Waals surface area contributed by atoms with Crippen LogP contribution in [0.3, 0.4) is 0 Å². The van der Waals surface area contributed by atoms with E-state index >= 15 is 0 Å². The van der Waals surface area contributed by atoms with Gasteiger partial charge in [-0.15, -0.1) is 23.2 Å². The SMILES string of the molecule is CC(Cl)C(Cl)[C@H]1O[C@@H]1CO. The molecule has 0 aromatic carbocycles. The van der Waals surface area contributed by atoms with E-state index < -0.39 is 0 Å². The second kappa shape index (κ2) is 3.26. The van der Waals surface area contributed by atoms with E-state index in [0.717, 1.165) is 0 Å². The summed E-state index contributed by atoms with van der Waals surface area (Å²) in [5.41, 5.74) is 0. The monoisotopic (exact) mass is 184 g/mol. The van der Waals surface area contributed by atoms with Gasteiger partial charge in [-0.05, 0) is 6.92 Å². The first-order valence-electron chi connectivity index (χ1n) is 3.21. The first-order chi connectivity index (χ1) is 4.66. The average Bonchev–Trinajstić information content (AvgIpc) is 2.64. The minimum absolute atomic E-state index is 0.0392. The number of ether oxygens (including phenoxy) is 1. The summed E-state index contributed by atoms with van der Waals surface area (Å²) in [6.45, 7) is 1.85. The highest BCUT2D eigenvalue weighted by Crippen LogP contribution is 2.31. The highest BCUT2D eigenvalue weighted by atomic mass is 35.5. The first kappa shape index (κ1) is 8.60. The van der Waals surface area contributed by atoms with Crippen LogP contribution >= 0.6 is 23.2 Å². The van der Waals surface area contributed by atoms with Crippen molar-refractivity contribution in [3.05, 3.63) is 0 Å². The van der Waals surface area contributed by atoms with Crippen LogP contribution in [0.15, 0.2) is 0 Å². The minimum Gasteiger partial charge on any atom is -0.394 e. The van der Waals surface area contributed by atoms with Crippen LogP contribution in [0, 0.1) is 0 Å². The number of aliphatic hydroxyl groups is 1. The Hall–Kier alpha value is 0.500. The van der Waals surface area contributed by atoms with Crippen LogP contribution in [0.25, 0.3) is 0 Å². The molecule has 0 bridgehead atoms. The van der Waals surface area contributed by atoms with E-state index in [2.05, 4.69) is 0 Å². The fourth-order valence-corrected chi connectivity index (χ4v) is 1.21.